The number of hydrogen-bond acceptors (Lipinski definition) is 3. The average molecular weight is 473 g/mol. The number of thioether (sulfide) groups is 1. The average Bonchev–Trinajstić information content (AvgIpc) is 2.85. The maximum Gasteiger partial charge on any atom is 0.316 e. The van der Waals surface area contributed by atoms with Gasteiger partial charge in [-0.05, 0) is 80.4 Å². The number of benzene rings is 1. The van der Waals surface area contributed by atoms with Crippen molar-refractivity contribution in [2.45, 2.75) is 98.3 Å². The molecule has 0 N–H and O–H groups in total. The number of carbonyl (C=O) groups is 1. The molecule has 0 saturated heterocycles. The topological polar surface area (TPSA) is 26.3 Å². The second kappa shape index (κ2) is 16.2. The zero-order valence-corrected chi connectivity index (χ0v) is 22.9. The van der Waals surface area contributed by atoms with Crippen molar-refractivity contribution < 1.29 is 9.53 Å². The van der Waals surface area contributed by atoms with E-state index in [1.165, 1.54) is 49.2 Å². The standard InChI is InChI=1S/C28H42O2S.C2H6/c1-5-30-26(29)28(4,25-18-10-7-11-19-25)21-13-15-23-31-22-14-12-20-27(2,3)24-16-8-6-9-17-24;1-2/h7-8,10-11,16-19H,5-6,9,12-15,20-23H2,1-4H3;1-2H3. The molecule has 0 amide bonds. The van der Waals surface area contributed by atoms with Gasteiger partial charge in [0.2, 0.25) is 0 Å². The highest BCUT2D eigenvalue weighted by atomic mass is 32.2. The van der Waals surface area contributed by atoms with Crippen LogP contribution < -0.4 is 0 Å². The van der Waals surface area contributed by atoms with Crippen molar-refractivity contribution in [3.05, 3.63) is 59.7 Å². The summed E-state index contributed by atoms with van der Waals surface area (Å²) in [5.41, 5.74) is 2.34. The van der Waals surface area contributed by atoms with Gasteiger partial charge in [0, 0.05) is 0 Å². The first-order valence-corrected chi connectivity index (χ1v) is 14.2. The second-order valence-electron chi connectivity index (χ2n) is 9.47. The summed E-state index contributed by atoms with van der Waals surface area (Å²) in [6.07, 6.45) is 16.3. The molecule has 1 atom stereocenters. The predicted molar refractivity (Wildman–Crippen MR) is 147 cm³/mol. The zero-order chi connectivity index (χ0) is 24.6. The van der Waals surface area contributed by atoms with Crippen molar-refractivity contribution in [2.24, 2.45) is 5.41 Å². The Morgan fingerprint density at radius 2 is 1.58 bits per heavy atom. The molecule has 33 heavy (non-hydrogen) atoms. The lowest BCUT2D eigenvalue weighted by Crippen LogP contribution is -2.34. The third-order valence-electron chi connectivity index (χ3n) is 6.47. The van der Waals surface area contributed by atoms with E-state index in [2.05, 4.69) is 43.8 Å². The molecule has 0 aliphatic heterocycles. The Bertz CT molecular complexity index is 720. The van der Waals surface area contributed by atoms with Crippen LogP contribution in [0.4, 0.5) is 0 Å². The summed E-state index contributed by atoms with van der Waals surface area (Å²) in [4.78, 5) is 12.7. The molecule has 0 aromatic heterocycles. The molecular formula is C30H48O2S. The van der Waals surface area contributed by atoms with Gasteiger partial charge in [-0.3, -0.25) is 4.79 Å². The maximum absolute atomic E-state index is 12.7. The van der Waals surface area contributed by atoms with Crippen LogP contribution in [0.3, 0.4) is 0 Å². The van der Waals surface area contributed by atoms with Crippen LogP contribution in [0, 0.1) is 5.41 Å². The van der Waals surface area contributed by atoms with E-state index in [1.807, 2.05) is 58.0 Å². The van der Waals surface area contributed by atoms with Gasteiger partial charge in [-0.1, -0.05) is 89.1 Å². The van der Waals surface area contributed by atoms with Crippen LogP contribution in [-0.4, -0.2) is 24.1 Å². The molecule has 2 nitrogen and oxygen atoms in total. The first-order valence-electron chi connectivity index (χ1n) is 13.1. The largest absolute Gasteiger partial charge is 0.465 e. The highest BCUT2D eigenvalue weighted by Gasteiger charge is 2.35. The molecule has 0 saturated carbocycles. The van der Waals surface area contributed by atoms with E-state index in [4.69, 9.17) is 4.74 Å². The minimum atomic E-state index is -0.546. The van der Waals surface area contributed by atoms with Gasteiger partial charge < -0.3 is 4.74 Å². The van der Waals surface area contributed by atoms with E-state index in [0.29, 0.717) is 12.0 Å². The first kappa shape index (κ1) is 29.6. The highest BCUT2D eigenvalue weighted by molar-refractivity contribution is 7.99. The number of unbranched alkanes of at least 4 members (excludes halogenated alkanes) is 2. The smallest absolute Gasteiger partial charge is 0.316 e. The van der Waals surface area contributed by atoms with Gasteiger partial charge in [0.05, 0.1) is 12.0 Å². The van der Waals surface area contributed by atoms with Crippen LogP contribution >= 0.6 is 11.8 Å². The lowest BCUT2D eigenvalue weighted by Gasteiger charge is -2.28. The summed E-state index contributed by atoms with van der Waals surface area (Å²) < 4.78 is 5.40. The fraction of sp³-hybridized carbons (Fsp3) is 0.633. The van der Waals surface area contributed by atoms with Gasteiger partial charge in [0.15, 0.2) is 0 Å². The Balaban J connectivity index is 0.00000265. The van der Waals surface area contributed by atoms with Gasteiger partial charge in [-0.15, -0.1) is 0 Å². The molecule has 1 aromatic carbocycles. The maximum atomic E-state index is 12.7. The van der Waals surface area contributed by atoms with Crippen LogP contribution in [0.15, 0.2) is 54.1 Å². The van der Waals surface area contributed by atoms with Crippen molar-refractivity contribution in [3.63, 3.8) is 0 Å². The first-order chi connectivity index (χ1) is 15.9. The lowest BCUT2D eigenvalue weighted by molar-refractivity contribution is -0.149. The van der Waals surface area contributed by atoms with Crippen molar-refractivity contribution in [1.82, 2.24) is 0 Å². The molecule has 0 heterocycles. The number of hydrogen-bond donors (Lipinski definition) is 0. The molecule has 3 heteroatoms. The van der Waals surface area contributed by atoms with Gasteiger partial charge in [0.25, 0.3) is 0 Å². The van der Waals surface area contributed by atoms with Crippen LogP contribution in [0.1, 0.15) is 98.5 Å². The van der Waals surface area contributed by atoms with Gasteiger partial charge >= 0.3 is 5.97 Å². The molecule has 186 valence electrons. The predicted octanol–water partition coefficient (Wildman–Crippen LogP) is 8.91. The molecule has 0 spiro atoms. The van der Waals surface area contributed by atoms with Gasteiger partial charge in [0.1, 0.15) is 0 Å². The van der Waals surface area contributed by atoms with E-state index in [-0.39, 0.29) is 5.97 Å². The number of esters is 1. The number of rotatable bonds is 14. The fourth-order valence-corrected chi connectivity index (χ4v) is 5.30. The Kier molecular flexibility index (Phi) is 14.5. The quantitative estimate of drug-likeness (QED) is 0.200. The Morgan fingerprint density at radius 1 is 0.939 bits per heavy atom. The van der Waals surface area contributed by atoms with Gasteiger partial charge in [-0.25, -0.2) is 0 Å². The lowest BCUT2D eigenvalue weighted by atomic mass is 9.78. The van der Waals surface area contributed by atoms with Crippen molar-refractivity contribution in [2.75, 3.05) is 18.1 Å². The summed E-state index contributed by atoms with van der Waals surface area (Å²) in [6.45, 7) is 13.1. The molecule has 0 radical (unpaired) electrons. The highest BCUT2D eigenvalue weighted by Crippen LogP contribution is 2.35. The van der Waals surface area contributed by atoms with Crippen LogP contribution in [0.5, 0.6) is 0 Å². The second-order valence-corrected chi connectivity index (χ2v) is 10.7. The minimum absolute atomic E-state index is 0.0978. The summed E-state index contributed by atoms with van der Waals surface area (Å²) in [6, 6.07) is 10.1. The van der Waals surface area contributed by atoms with E-state index < -0.39 is 5.41 Å². The molecule has 1 unspecified atom stereocenters. The summed E-state index contributed by atoms with van der Waals surface area (Å²) >= 11 is 2.06. The van der Waals surface area contributed by atoms with Crippen LogP contribution in [0.25, 0.3) is 0 Å². The molecule has 1 aliphatic carbocycles. The number of allylic oxidation sites excluding steroid dienone is 4. The Labute approximate surface area is 208 Å². The summed E-state index contributed by atoms with van der Waals surface area (Å²) in [7, 11) is 0. The zero-order valence-electron chi connectivity index (χ0n) is 22.1. The molecule has 1 aromatic rings. The SMILES string of the molecule is CC.CCOC(=O)C(C)(CCCCSCCCCC(C)(C)C1=CCCC=C1)c1ccccc1. The number of carbonyl (C=O) groups excluding carboxylic acids is 1. The molecular weight excluding hydrogens is 424 g/mol. The third kappa shape index (κ3) is 10.1. The van der Waals surface area contributed by atoms with Crippen molar-refractivity contribution in [1.29, 1.82) is 0 Å². The monoisotopic (exact) mass is 472 g/mol. The Hall–Kier alpha value is -1.48. The van der Waals surface area contributed by atoms with Crippen molar-refractivity contribution >= 4 is 17.7 Å². The van der Waals surface area contributed by atoms with E-state index >= 15 is 0 Å². The molecule has 2 rings (SSSR count). The van der Waals surface area contributed by atoms with Crippen molar-refractivity contribution in [3.8, 4) is 0 Å². The van der Waals surface area contributed by atoms with Crippen LogP contribution in [0.2, 0.25) is 0 Å². The normalized spacial score (nSPS) is 15.2. The van der Waals surface area contributed by atoms with Gasteiger partial charge in [-0.2, -0.15) is 11.8 Å². The van der Waals surface area contributed by atoms with Crippen LogP contribution in [-0.2, 0) is 14.9 Å². The molecule has 1 aliphatic rings. The van der Waals surface area contributed by atoms with E-state index in [1.54, 1.807) is 0 Å². The Morgan fingerprint density at radius 3 is 2.15 bits per heavy atom. The van der Waals surface area contributed by atoms with E-state index in [9.17, 15) is 4.79 Å². The summed E-state index contributed by atoms with van der Waals surface area (Å²) in [5.74, 6) is 2.31. The van der Waals surface area contributed by atoms with E-state index in [0.717, 1.165) is 24.8 Å². The molecule has 0 bridgehead atoms. The number of ether oxygens (including phenoxy) is 1. The fourth-order valence-electron chi connectivity index (χ4n) is 4.28. The third-order valence-corrected chi connectivity index (χ3v) is 7.62. The minimum Gasteiger partial charge on any atom is -0.465 e. The summed E-state index contributed by atoms with van der Waals surface area (Å²) in [5, 5.41) is 0. The molecule has 0 fully saturated rings.